The third-order valence-electron chi connectivity index (χ3n) is 5.02. The van der Waals surface area contributed by atoms with Crippen molar-refractivity contribution in [2.45, 2.75) is 51.2 Å². The van der Waals surface area contributed by atoms with Crippen molar-refractivity contribution in [2.24, 2.45) is 0 Å². The Kier molecular flexibility index (Phi) is 5.29. The predicted molar refractivity (Wildman–Crippen MR) is 99.2 cm³/mol. The summed E-state index contributed by atoms with van der Waals surface area (Å²) in [5.74, 6) is 1.99. The fourth-order valence-electron chi connectivity index (χ4n) is 3.67. The minimum Gasteiger partial charge on any atom is -0.381 e. The quantitative estimate of drug-likeness (QED) is 0.853. The molecule has 0 amide bonds. The van der Waals surface area contributed by atoms with E-state index in [2.05, 4.69) is 26.7 Å². The normalized spacial score (nSPS) is 19.8. The lowest BCUT2D eigenvalue weighted by Crippen LogP contribution is -2.11. The Hall–Kier alpha value is -1.50. The fourth-order valence-corrected chi connectivity index (χ4v) is 4.82. The first-order valence-electron chi connectivity index (χ1n) is 9.10. The molecule has 6 heteroatoms. The van der Waals surface area contributed by atoms with Crippen molar-refractivity contribution >= 4 is 17.2 Å². The van der Waals surface area contributed by atoms with E-state index in [1.165, 1.54) is 31.2 Å². The van der Waals surface area contributed by atoms with Crippen LogP contribution in [0.5, 0.6) is 0 Å². The van der Waals surface area contributed by atoms with Gasteiger partial charge in [0.1, 0.15) is 12.4 Å². The van der Waals surface area contributed by atoms with Gasteiger partial charge < -0.3 is 14.8 Å². The van der Waals surface area contributed by atoms with Crippen molar-refractivity contribution in [3.63, 3.8) is 0 Å². The summed E-state index contributed by atoms with van der Waals surface area (Å²) >= 11 is 1.91. The van der Waals surface area contributed by atoms with Gasteiger partial charge in [-0.25, -0.2) is 9.97 Å². The number of anilines is 1. The highest BCUT2D eigenvalue weighted by Gasteiger charge is 2.21. The van der Waals surface area contributed by atoms with Crippen molar-refractivity contribution in [3.8, 4) is 0 Å². The van der Waals surface area contributed by atoms with Crippen molar-refractivity contribution < 1.29 is 9.47 Å². The maximum Gasteiger partial charge on any atom is 0.156 e. The lowest BCUT2D eigenvalue weighted by atomic mass is 9.96. The highest BCUT2D eigenvalue weighted by molar-refractivity contribution is 7.10. The molecule has 0 radical (unpaired) electrons. The van der Waals surface area contributed by atoms with Gasteiger partial charge in [0.25, 0.3) is 0 Å². The average Bonchev–Trinajstić information content (AvgIpc) is 3.30. The van der Waals surface area contributed by atoms with Crippen molar-refractivity contribution in [1.29, 1.82) is 0 Å². The third-order valence-corrected chi connectivity index (χ3v) is 6.16. The van der Waals surface area contributed by atoms with E-state index in [4.69, 9.17) is 9.47 Å². The number of ether oxygens (including phenoxy) is 2. The van der Waals surface area contributed by atoms with Gasteiger partial charge in [-0.3, -0.25) is 0 Å². The second kappa shape index (κ2) is 7.81. The first-order chi connectivity index (χ1) is 12.3. The molecule has 1 fully saturated rings. The highest BCUT2D eigenvalue weighted by Crippen LogP contribution is 2.31. The number of hydrogen-bond donors (Lipinski definition) is 1. The number of aromatic nitrogens is 2. The maximum atomic E-state index is 5.52. The molecule has 5 nitrogen and oxygen atoms in total. The maximum absolute atomic E-state index is 5.52. The summed E-state index contributed by atoms with van der Waals surface area (Å²) in [7, 11) is 1.68. The molecule has 3 heterocycles. The Bertz CT molecular complexity index is 725. The summed E-state index contributed by atoms with van der Waals surface area (Å²) < 4.78 is 10.8. The number of nitrogens with one attached hydrogen (secondary N) is 1. The third kappa shape index (κ3) is 3.86. The van der Waals surface area contributed by atoms with Crippen LogP contribution in [-0.4, -0.2) is 30.3 Å². The van der Waals surface area contributed by atoms with Crippen LogP contribution in [0.2, 0.25) is 0 Å². The zero-order valence-electron chi connectivity index (χ0n) is 14.7. The number of methoxy groups -OCH3 is 1. The van der Waals surface area contributed by atoms with Gasteiger partial charge >= 0.3 is 0 Å². The summed E-state index contributed by atoms with van der Waals surface area (Å²) in [5.41, 5.74) is 4.06. The topological polar surface area (TPSA) is 56.3 Å². The summed E-state index contributed by atoms with van der Waals surface area (Å²) in [6.45, 7) is 2.83. The smallest absolute Gasteiger partial charge is 0.156 e. The van der Waals surface area contributed by atoms with Crippen LogP contribution in [0.25, 0.3) is 0 Å². The molecule has 2 aromatic rings. The van der Waals surface area contributed by atoms with Gasteiger partial charge in [0.2, 0.25) is 0 Å². The summed E-state index contributed by atoms with van der Waals surface area (Å²) in [4.78, 5) is 10.9. The van der Waals surface area contributed by atoms with Gasteiger partial charge in [-0.2, -0.15) is 0 Å². The van der Waals surface area contributed by atoms with Gasteiger partial charge in [-0.1, -0.05) is 0 Å². The molecule has 1 aliphatic heterocycles. The molecule has 4 rings (SSSR count). The Morgan fingerprint density at radius 1 is 1.32 bits per heavy atom. The van der Waals surface area contributed by atoms with E-state index in [0.29, 0.717) is 12.5 Å². The Morgan fingerprint density at radius 2 is 2.24 bits per heavy atom. The van der Waals surface area contributed by atoms with Crippen LogP contribution in [0, 0.1) is 0 Å². The van der Waals surface area contributed by atoms with Gasteiger partial charge in [-0.05, 0) is 48.6 Å². The molecule has 134 valence electrons. The molecule has 25 heavy (non-hydrogen) atoms. The second-order valence-corrected chi connectivity index (χ2v) is 7.78. The molecule has 1 N–H and O–H groups in total. The molecular formula is C19H25N3O2S. The van der Waals surface area contributed by atoms with Crippen molar-refractivity contribution in [3.05, 3.63) is 39.0 Å². The molecule has 0 unspecified atom stereocenters. The van der Waals surface area contributed by atoms with E-state index in [1.54, 1.807) is 17.6 Å². The highest BCUT2D eigenvalue weighted by atomic mass is 32.1. The van der Waals surface area contributed by atoms with E-state index >= 15 is 0 Å². The predicted octanol–water partition coefficient (Wildman–Crippen LogP) is 3.68. The Labute approximate surface area is 152 Å². The number of aryl methyl sites for hydroxylation is 1. The van der Waals surface area contributed by atoms with Crippen LogP contribution in [0.3, 0.4) is 0 Å². The van der Waals surface area contributed by atoms with Crippen LogP contribution in [0.1, 0.15) is 52.7 Å². The van der Waals surface area contributed by atoms with E-state index < -0.39 is 0 Å². The lowest BCUT2D eigenvalue weighted by molar-refractivity contribution is 0.177. The number of thiophene rings is 1. The number of nitrogens with zero attached hydrogens (tertiary/aromatic N) is 2. The molecule has 0 aromatic carbocycles. The van der Waals surface area contributed by atoms with Gasteiger partial charge in [-0.15, -0.1) is 11.3 Å². The minimum atomic E-state index is 0.369. The van der Waals surface area contributed by atoms with Gasteiger partial charge in [0.05, 0.1) is 12.3 Å². The van der Waals surface area contributed by atoms with Crippen molar-refractivity contribution in [1.82, 2.24) is 9.97 Å². The minimum absolute atomic E-state index is 0.369. The number of hydrogen-bond acceptors (Lipinski definition) is 6. The summed E-state index contributed by atoms with van der Waals surface area (Å²) in [6, 6.07) is 2.08. The molecule has 1 aliphatic carbocycles. The summed E-state index contributed by atoms with van der Waals surface area (Å²) in [5, 5.41) is 5.83. The van der Waals surface area contributed by atoms with E-state index in [9.17, 15) is 0 Å². The Morgan fingerprint density at radius 3 is 3.08 bits per heavy atom. The van der Waals surface area contributed by atoms with Gasteiger partial charge in [0.15, 0.2) is 5.82 Å². The van der Waals surface area contributed by atoms with E-state index in [1.807, 2.05) is 11.3 Å². The number of rotatable bonds is 6. The Balaban J connectivity index is 1.51. The lowest BCUT2D eigenvalue weighted by Gasteiger charge is -2.15. The van der Waals surface area contributed by atoms with Crippen molar-refractivity contribution in [2.75, 3.05) is 25.6 Å². The molecule has 0 saturated carbocycles. The fraction of sp³-hybridized carbons (Fsp3) is 0.579. The summed E-state index contributed by atoms with van der Waals surface area (Å²) in [6.07, 6.45) is 6.14. The molecule has 1 atom stereocenters. The zero-order chi connectivity index (χ0) is 17.1. The first-order valence-corrected chi connectivity index (χ1v) is 9.98. The van der Waals surface area contributed by atoms with E-state index in [0.717, 1.165) is 43.5 Å². The standard InChI is InChI=1S/C19H25N3O2S/c1-23-11-19-21-16(13-6-7-24-10-13)8-18(22-19)20-9-14-12-25-17-5-3-2-4-15(14)17/h8,12-13H,2-7,9-11H2,1H3,(H,20,21,22)/t13-/m0/s1. The molecule has 1 saturated heterocycles. The molecule has 0 spiro atoms. The van der Waals surface area contributed by atoms with Crippen LogP contribution in [-0.2, 0) is 35.5 Å². The molecule has 2 aromatic heterocycles. The molecule has 0 bridgehead atoms. The SMILES string of the molecule is COCc1nc(NCc2csc3c2CCCC3)cc([C@H]2CCOC2)n1. The monoisotopic (exact) mass is 359 g/mol. The first kappa shape index (κ1) is 16.9. The van der Waals surface area contributed by atoms with Crippen LogP contribution in [0.4, 0.5) is 5.82 Å². The van der Waals surface area contributed by atoms with Crippen LogP contribution < -0.4 is 5.32 Å². The molecule has 2 aliphatic rings. The van der Waals surface area contributed by atoms with E-state index in [-0.39, 0.29) is 0 Å². The van der Waals surface area contributed by atoms with Crippen LogP contribution >= 0.6 is 11.3 Å². The second-order valence-electron chi connectivity index (χ2n) is 6.81. The largest absolute Gasteiger partial charge is 0.381 e. The van der Waals surface area contributed by atoms with Gasteiger partial charge in [0, 0.05) is 37.1 Å². The number of fused-ring (bicyclic) bond motifs is 1. The molecular weight excluding hydrogens is 334 g/mol. The average molecular weight is 359 g/mol. The van der Waals surface area contributed by atoms with Crippen LogP contribution in [0.15, 0.2) is 11.4 Å². The zero-order valence-corrected chi connectivity index (χ0v) is 15.5.